The van der Waals surface area contributed by atoms with Crippen LogP contribution in [0.15, 0.2) is 54.6 Å². The van der Waals surface area contributed by atoms with E-state index in [9.17, 15) is 14.4 Å². The second-order valence-electron chi connectivity index (χ2n) is 9.59. The summed E-state index contributed by atoms with van der Waals surface area (Å²) in [5, 5.41) is 2.81. The standard InChI is InChI=1S/C28H35NO5/c1-18(2)22-15-14-19(3)16-25(22)34-28(32)24-13-9-8-12-23(24)27(31)33-17-26(30)29-20(4)21-10-6-5-7-11-21/h5-13,18-20,22,25H,14-17H2,1-4H3,(H,29,30)/t19-,20+,22-,25-/m1/s1. The van der Waals surface area contributed by atoms with Crippen molar-refractivity contribution in [3.8, 4) is 0 Å². The van der Waals surface area contributed by atoms with Crippen LogP contribution >= 0.6 is 0 Å². The summed E-state index contributed by atoms with van der Waals surface area (Å²) in [6.07, 6.45) is 2.80. The zero-order chi connectivity index (χ0) is 24.7. The summed E-state index contributed by atoms with van der Waals surface area (Å²) in [6.45, 7) is 7.89. The number of hydrogen-bond donors (Lipinski definition) is 1. The first kappa shape index (κ1) is 25.5. The second kappa shape index (κ2) is 11.8. The van der Waals surface area contributed by atoms with Crippen LogP contribution in [0.2, 0.25) is 0 Å². The normalized spacial score (nSPS) is 20.9. The van der Waals surface area contributed by atoms with Crippen molar-refractivity contribution in [3.63, 3.8) is 0 Å². The molecule has 0 bridgehead atoms. The Bertz CT molecular complexity index is 987. The molecule has 1 amide bonds. The maximum atomic E-state index is 13.0. The first-order valence-electron chi connectivity index (χ1n) is 12.1. The first-order valence-corrected chi connectivity index (χ1v) is 12.1. The summed E-state index contributed by atoms with van der Waals surface area (Å²) in [5.41, 5.74) is 1.21. The van der Waals surface area contributed by atoms with Crippen molar-refractivity contribution in [1.29, 1.82) is 0 Å². The number of nitrogens with one attached hydrogen (secondary N) is 1. The summed E-state index contributed by atoms with van der Waals surface area (Å²) < 4.78 is 11.1. The minimum Gasteiger partial charge on any atom is -0.458 e. The molecule has 2 aromatic rings. The monoisotopic (exact) mass is 465 g/mol. The van der Waals surface area contributed by atoms with Crippen LogP contribution in [-0.4, -0.2) is 30.6 Å². The van der Waals surface area contributed by atoms with E-state index in [0.717, 1.165) is 24.8 Å². The molecule has 1 N–H and O–H groups in total. The molecule has 0 aromatic heterocycles. The number of carbonyl (C=O) groups excluding carboxylic acids is 3. The average Bonchev–Trinajstić information content (AvgIpc) is 2.83. The molecule has 3 rings (SSSR count). The molecule has 0 heterocycles. The third-order valence-corrected chi connectivity index (χ3v) is 6.60. The number of esters is 2. The SMILES string of the molecule is CC(C)[C@H]1CC[C@@H](C)C[C@H]1OC(=O)c1ccccc1C(=O)OCC(=O)N[C@@H](C)c1ccccc1. The topological polar surface area (TPSA) is 81.7 Å². The minimum atomic E-state index is -0.729. The highest BCUT2D eigenvalue weighted by atomic mass is 16.5. The Hall–Kier alpha value is -3.15. The summed E-state index contributed by atoms with van der Waals surface area (Å²) >= 11 is 0. The van der Waals surface area contributed by atoms with Crippen molar-refractivity contribution in [2.24, 2.45) is 17.8 Å². The Balaban J connectivity index is 1.62. The van der Waals surface area contributed by atoms with E-state index in [1.165, 1.54) is 6.07 Å². The lowest BCUT2D eigenvalue weighted by Gasteiger charge is -2.36. The molecular weight excluding hydrogens is 430 g/mol. The van der Waals surface area contributed by atoms with Gasteiger partial charge in [-0.05, 0) is 55.2 Å². The van der Waals surface area contributed by atoms with Gasteiger partial charge in [0.25, 0.3) is 5.91 Å². The van der Waals surface area contributed by atoms with Gasteiger partial charge in [0.2, 0.25) is 0 Å². The minimum absolute atomic E-state index is 0.0985. The summed E-state index contributed by atoms with van der Waals surface area (Å²) in [4.78, 5) is 38.1. The van der Waals surface area contributed by atoms with E-state index in [0.29, 0.717) is 17.8 Å². The Morgan fingerprint density at radius 3 is 2.18 bits per heavy atom. The average molecular weight is 466 g/mol. The molecule has 0 saturated heterocycles. The summed E-state index contributed by atoms with van der Waals surface area (Å²) in [7, 11) is 0. The number of benzene rings is 2. The Morgan fingerprint density at radius 2 is 1.53 bits per heavy atom. The predicted molar refractivity (Wildman–Crippen MR) is 130 cm³/mol. The van der Waals surface area contributed by atoms with E-state index in [4.69, 9.17) is 9.47 Å². The van der Waals surface area contributed by atoms with Crippen LogP contribution in [0.4, 0.5) is 0 Å². The molecule has 0 unspecified atom stereocenters. The number of rotatable bonds is 8. The van der Waals surface area contributed by atoms with Crippen LogP contribution in [0.3, 0.4) is 0 Å². The zero-order valence-corrected chi connectivity index (χ0v) is 20.5. The highest BCUT2D eigenvalue weighted by Gasteiger charge is 2.34. The van der Waals surface area contributed by atoms with Crippen molar-refractivity contribution in [3.05, 3.63) is 71.3 Å². The number of amides is 1. The number of carbonyl (C=O) groups is 3. The zero-order valence-electron chi connectivity index (χ0n) is 20.5. The Labute approximate surface area is 202 Å². The fourth-order valence-corrected chi connectivity index (χ4v) is 4.61. The van der Waals surface area contributed by atoms with E-state index < -0.39 is 24.5 Å². The van der Waals surface area contributed by atoms with Gasteiger partial charge in [0.1, 0.15) is 6.10 Å². The summed E-state index contributed by atoms with van der Waals surface area (Å²) in [5.74, 6) is -0.477. The molecule has 6 heteroatoms. The van der Waals surface area contributed by atoms with Crippen LogP contribution in [0.5, 0.6) is 0 Å². The smallest absolute Gasteiger partial charge is 0.339 e. The van der Waals surface area contributed by atoms with Crippen molar-refractivity contribution < 1.29 is 23.9 Å². The third kappa shape index (κ3) is 6.69. The molecule has 182 valence electrons. The van der Waals surface area contributed by atoms with Gasteiger partial charge in [-0.2, -0.15) is 0 Å². The van der Waals surface area contributed by atoms with Crippen molar-refractivity contribution in [2.45, 2.75) is 59.1 Å². The largest absolute Gasteiger partial charge is 0.458 e. The lowest BCUT2D eigenvalue weighted by Crippen LogP contribution is -2.36. The first-order chi connectivity index (χ1) is 16.3. The maximum Gasteiger partial charge on any atom is 0.339 e. The lowest BCUT2D eigenvalue weighted by atomic mass is 9.75. The quantitative estimate of drug-likeness (QED) is 0.532. The van der Waals surface area contributed by atoms with E-state index >= 15 is 0 Å². The van der Waals surface area contributed by atoms with Gasteiger partial charge >= 0.3 is 11.9 Å². The fourth-order valence-electron chi connectivity index (χ4n) is 4.61. The van der Waals surface area contributed by atoms with Gasteiger partial charge in [-0.3, -0.25) is 4.79 Å². The van der Waals surface area contributed by atoms with E-state index in [1.54, 1.807) is 18.2 Å². The van der Waals surface area contributed by atoms with Gasteiger partial charge in [0, 0.05) is 0 Å². The van der Waals surface area contributed by atoms with E-state index in [1.807, 2.05) is 37.3 Å². The van der Waals surface area contributed by atoms with Gasteiger partial charge in [-0.1, -0.05) is 69.7 Å². The highest BCUT2D eigenvalue weighted by molar-refractivity contribution is 6.03. The second-order valence-corrected chi connectivity index (χ2v) is 9.59. The summed E-state index contributed by atoms with van der Waals surface area (Å²) in [6, 6.07) is 15.7. The lowest BCUT2D eigenvalue weighted by molar-refractivity contribution is -0.124. The van der Waals surface area contributed by atoms with Crippen LogP contribution in [0.25, 0.3) is 0 Å². The van der Waals surface area contributed by atoms with Crippen LogP contribution in [-0.2, 0) is 14.3 Å². The van der Waals surface area contributed by atoms with Crippen molar-refractivity contribution in [1.82, 2.24) is 5.32 Å². The number of ether oxygens (including phenoxy) is 2. The molecule has 34 heavy (non-hydrogen) atoms. The maximum absolute atomic E-state index is 13.0. The molecule has 1 fully saturated rings. The van der Waals surface area contributed by atoms with Crippen molar-refractivity contribution >= 4 is 17.8 Å². The van der Waals surface area contributed by atoms with Gasteiger partial charge in [0.05, 0.1) is 17.2 Å². The van der Waals surface area contributed by atoms with Gasteiger partial charge < -0.3 is 14.8 Å². The molecule has 4 atom stereocenters. The van der Waals surface area contributed by atoms with E-state index in [2.05, 4.69) is 26.1 Å². The van der Waals surface area contributed by atoms with E-state index in [-0.39, 0.29) is 23.3 Å². The van der Waals surface area contributed by atoms with Gasteiger partial charge in [0.15, 0.2) is 6.61 Å². The fraction of sp³-hybridized carbons (Fsp3) is 0.464. The molecule has 2 aromatic carbocycles. The molecule has 0 spiro atoms. The Kier molecular flexibility index (Phi) is 8.85. The van der Waals surface area contributed by atoms with Crippen molar-refractivity contribution in [2.75, 3.05) is 6.61 Å². The molecule has 6 nitrogen and oxygen atoms in total. The van der Waals surface area contributed by atoms with Crippen LogP contribution < -0.4 is 5.32 Å². The molecular formula is C28H35NO5. The molecule has 1 aliphatic carbocycles. The van der Waals surface area contributed by atoms with Gasteiger partial charge in [-0.15, -0.1) is 0 Å². The highest BCUT2D eigenvalue weighted by Crippen LogP contribution is 2.35. The molecule has 0 aliphatic heterocycles. The van der Waals surface area contributed by atoms with Crippen LogP contribution in [0, 0.1) is 17.8 Å². The predicted octanol–water partition coefficient (Wildman–Crippen LogP) is 5.34. The van der Waals surface area contributed by atoms with Gasteiger partial charge in [-0.25, -0.2) is 9.59 Å². The molecule has 1 aliphatic rings. The van der Waals surface area contributed by atoms with Crippen LogP contribution in [0.1, 0.15) is 79.3 Å². The molecule has 1 saturated carbocycles. The molecule has 0 radical (unpaired) electrons. The Morgan fingerprint density at radius 1 is 0.912 bits per heavy atom. The third-order valence-electron chi connectivity index (χ3n) is 6.60. The number of hydrogen-bond acceptors (Lipinski definition) is 5.